The number of nitrogens with zero attached hydrogens (tertiary/aromatic N) is 3. The summed E-state index contributed by atoms with van der Waals surface area (Å²) in [4.78, 5) is 23.1. The first-order valence-corrected chi connectivity index (χ1v) is 6.38. The molecule has 0 bridgehead atoms. The van der Waals surface area contributed by atoms with Gasteiger partial charge >= 0.3 is 0 Å². The number of fused-ring (bicyclic) bond motifs is 3. The van der Waals surface area contributed by atoms with Gasteiger partial charge in [0.1, 0.15) is 11.2 Å². The lowest BCUT2D eigenvalue weighted by Crippen LogP contribution is -2.35. The fourth-order valence-electron chi connectivity index (χ4n) is 2.77. The Balaban J connectivity index is 1.89. The van der Waals surface area contributed by atoms with Crippen LogP contribution in [-0.4, -0.2) is 32.0 Å². The third-order valence-electron chi connectivity index (χ3n) is 3.75. The molecule has 4 heterocycles. The van der Waals surface area contributed by atoms with Crippen LogP contribution in [0.2, 0.25) is 0 Å². The zero-order valence-electron chi connectivity index (χ0n) is 10.3. The molecule has 1 fully saturated rings. The van der Waals surface area contributed by atoms with Gasteiger partial charge in [0.2, 0.25) is 5.91 Å². The van der Waals surface area contributed by atoms with Gasteiger partial charge in [-0.05, 0) is 12.5 Å². The summed E-state index contributed by atoms with van der Waals surface area (Å²) in [7, 11) is 0. The molecule has 1 aliphatic rings. The normalized spacial score (nSPS) is 20.0. The molecule has 1 aliphatic heterocycles. The SMILES string of the molecule is O=C1CC[C@@H](n2cnc3cnc4[nH]ccc4c32)CN1. The van der Waals surface area contributed by atoms with Gasteiger partial charge in [0.25, 0.3) is 0 Å². The number of aromatic amines is 1. The number of imidazole rings is 1. The maximum Gasteiger partial charge on any atom is 0.220 e. The van der Waals surface area contributed by atoms with E-state index in [-0.39, 0.29) is 11.9 Å². The fraction of sp³-hybridized carbons (Fsp3) is 0.308. The highest BCUT2D eigenvalue weighted by Crippen LogP contribution is 2.27. The highest BCUT2D eigenvalue weighted by molar-refractivity contribution is 6.01. The van der Waals surface area contributed by atoms with Crippen molar-refractivity contribution in [1.82, 2.24) is 24.8 Å². The third kappa shape index (κ3) is 1.53. The number of amides is 1. The number of hydrogen-bond donors (Lipinski definition) is 2. The molecule has 3 aromatic rings. The Morgan fingerprint density at radius 3 is 3.16 bits per heavy atom. The summed E-state index contributed by atoms with van der Waals surface area (Å²) in [6.07, 6.45) is 6.95. The van der Waals surface area contributed by atoms with Crippen LogP contribution in [0.4, 0.5) is 0 Å². The first-order valence-electron chi connectivity index (χ1n) is 6.38. The smallest absolute Gasteiger partial charge is 0.220 e. The van der Waals surface area contributed by atoms with Gasteiger partial charge in [0, 0.05) is 24.5 Å². The van der Waals surface area contributed by atoms with Crippen molar-refractivity contribution in [1.29, 1.82) is 0 Å². The Kier molecular flexibility index (Phi) is 2.11. The zero-order chi connectivity index (χ0) is 12.8. The van der Waals surface area contributed by atoms with Crippen molar-refractivity contribution in [2.45, 2.75) is 18.9 Å². The van der Waals surface area contributed by atoms with E-state index in [1.54, 1.807) is 6.20 Å². The van der Waals surface area contributed by atoms with Crippen molar-refractivity contribution in [2.75, 3.05) is 6.54 Å². The van der Waals surface area contributed by atoms with E-state index in [9.17, 15) is 4.79 Å². The standard InChI is InChI=1S/C13H13N5O/c19-11-2-1-8(5-15-11)18-7-17-10-6-16-13-9(12(10)18)3-4-14-13/h3-4,6-8H,1-2,5H2,(H,14,16)(H,15,19)/t8-/m1/s1. The molecule has 96 valence electrons. The van der Waals surface area contributed by atoms with Gasteiger partial charge < -0.3 is 14.9 Å². The molecule has 0 saturated carbocycles. The van der Waals surface area contributed by atoms with Crippen LogP contribution in [0.15, 0.2) is 24.8 Å². The minimum absolute atomic E-state index is 0.133. The summed E-state index contributed by atoms with van der Waals surface area (Å²) < 4.78 is 2.16. The van der Waals surface area contributed by atoms with Gasteiger partial charge in [-0.15, -0.1) is 0 Å². The van der Waals surface area contributed by atoms with E-state index in [4.69, 9.17) is 0 Å². The van der Waals surface area contributed by atoms with Crippen LogP contribution >= 0.6 is 0 Å². The van der Waals surface area contributed by atoms with Crippen molar-refractivity contribution in [3.8, 4) is 0 Å². The number of pyridine rings is 1. The van der Waals surface area contributed by atoms with Crippen molar-refractivity contribution in [3.05, 3.63) is 24.8 Å². The first kappa shape index (κ1) is 10.5. The number of hydrogen-bond acceptors (Lipinski definition) is 3. The molecule has 1 atom stereocenters. The third-order valence-corrected chi connectivity index (χ3v) is 3.75. The fourth-order valence-corrected chi connectivity index (χ4v) is 2.77. The molecule has 1 saturated heterocycles. The number of rotatable bonds is 1. The molecule has 3 aromatic heterocycles. The van der Waals surface area contributed by atoms with E-state index in [1.165, 1.54) is 0 Å². The number of carbonyl (C=O) groups excluding carboxylic acids is 1. The summed E-state index contributed by atoms with van der Waals surface area (Å²) in [5.41, 5.74) is 2.85. The summed E-state index contributed by atoms with van der Waals surface area (Å²) in [6.45, 7) is 0.665. The molecule has 19 heavy (non-hydrogen) atoms. The van der Waals surface area contributed by atoms with Crippen LogP contribution in [0.25, 0.3) is 22.1 Å². The molecule has 1 amide bonds. The number of nitrogens with one attached hydrogen (secondary N) is 2. The second kappa shape index (κ2) is 3.81. The van der Waals surface area contributed by atoms with Crippen molar-refractivity contribution >= 4 is 28.0 Å². The van der Waals surface area contributed by atoms with E-state index >= 15 is 0 Å². The van der Waals surface area contributed by atoms with E-state index in [0.29, 0.717) is 13.0 Å². The summed E-state index contributed by atoms with van der Waals surface area (Å²) in [5.74, 6) is 0.133. The molecule has 0 unspecified atom stereocenters. The molecule has 0 aromatic carbocycles. The van der Waals surface area contributed by atoms with Gasteiger partial charge in [0.15, 0.2) is 0 Å². The van der Waals surface area contributed by atoms with Gasteiger partial charge in [-0.1, -0.05) is 0 Å². The van der Waals surface area contributed by atoms with Crippen LogP contribution in [0.5, 0.6) is 0 Å². The quantitative estimate of drug-likeness (QED) is 0.689. The summed E-state index contributed by atoms with van der Waals surface area (Å²) >= 11 is 0. The highest BCUT2D eigenvalue weighted by Gasteiger charge is 2.22. The Hall–Kier alpha value is -2.37. The molecule has 2 N–H and O–H groups in total. The Morgan fingerprint density at radius 1 is 1.37 bits per heavy atom. The molecule has 0 spiro atoms. The Labute approximate surface area is 108 Å². The second-order valence-corrected chi connectivity index (χ2v) is 4.88. The van der Waals surface area contributed by atoms with Crippen LogP contribution in [0, 0.1) is 0 Å². The summed E-state index contributed by atoms with van der Waals surface area (Å²) in [5, 5.41) is 3.99. The van der Waals surface area contributed by atoms with Crippen LogP contribution in [-0.2, 0) is 4.79 Å². The van der Waals surface area contributed by atoms with Crippen LogP contribution in [0.1, 0.15) is 18.9 Å². The summed E-state index contributed by atoms with van der Waals surface area (Å²) in [6, 6.07) is 2.28. The van der Waals surface area contributed by atoms with Crippen molar-refractivity contribution < 1.29 is 4.79 Å². The topological polar surface area (TPSA) is 75.6 Å². The number of H-pyrrole nitrogens is 1. The number of piperidine rings is 1. The number of carbonyl (C=O) groups is 1. The van der Waals surface area contributed by atoms with E-state index in [2.05, 4.69) is 24.8 Å². The lowest BCUT2D eigenvalue weighted by molar-refractivity contribution is -0.122. The van der Waals surface area contributed by atoms with E-state index in [1.807, 2.05) is 18.6 Å². The predicted molar refractivity (Wildman–Crippen MR) is 70.7 cm³/mol. The van der Waals surface area contributed by atoms with E-state index < -0.39 is 0 Å². The van der Waals surface area contributed by atoms with Crippen LogP contribution < -0.4 is 5.32 Å². The highest BCUT2D eigenvalue weighted by atomic mass is 16.1. The lowest BCUT2D eigenvalue weighted by atomic mass is 10.1. The van der Waals surface area contributed by atoms with Crippen LogP contribution in [0.3, 0.4) is 0 Å². The van der Waals surface area contributed by atoms with Gasteiger partial charge in [-0.25, -0.2) is 9.97 Å². The molecule has 6 heteroatoms. The predicted octanol–water partition coefficient (Wildman–Crippen LogP) is 1.36. The maximum atomic E-state index is 11.3. The Morgan fingerprint density at radius 2 is 2.32 bits per heavy atom. The molecule has 0 aliphatic carbocycles. The zero-order valence-corrected chi connectivity index (χ0v) is 10.3. The second-order valence-electron chi connectivity index (χ2n) is 4.88. The molecule has 6 nitrogen and oxygen atoms in total. The largest absolute Gasteiger partial charge is 0.354 e. The lowest BCUT2D eigenvalue weighted by Gasteiger charge is -2.24. The van der Waals surface area contributed by atoms with Gasteiger partial charge in [-0.3, -0.25) is 4.79 Å². The molecule has 0 radical (unpaired) electrons. The average molecular weight is 255 g/mol. The Bertz CT molecular complexity index is 762. The average Bonchev–Trinajstić information content (AvgIpc) is 3.04. The number of aromatic nitrogens is 4. The van der Waals surface area contributed by atoms with Gasteiger partial charge in [0.05, 0.1) is 24.1 Å². The monoisotopic (exact) mass is 255 g/mol. The minimum atomic E-state index is 0.133. The first-order chi connectivity index (χ1) is 9.33. The van der Waals surface area contributed by atoms with Gasteiger partial charge in [-0.2, -0.15) is 0 Å². The van der Waals surface area contributed by atoms with Crippen molar-refractivity contribution in [2.24, 2.45) is 0 Å². The maximum absolute atomic E-state index is 11.3. The van der Waals surface area contributed by atoms with E-state index in [0.717, 1.165) is 28.5 Å². The molecular formula is C13H13N5O. The van der Waals surface area contributed by atoms with Crippen molar-refractivity contribution in [3.63, 3.8) is 0 Å². The molecule has 4 rings (SSSR count). The molecular weight excluding hydrogens is 242 g/mol. The minimum Gasteiger partial charge on any atom is -0.354 e.